The number of H-pyrrole nitrogens is 1. The van der Waals surface area contributed by atoms with Crippen molar-refractivity contribution < 1.29 is 0 Å². The monoisotopic (exact) mass is 277 g/mol. The van der Waals surface area contributed by atoms with Crippen molar-refractivity contribution in [2.45, 2.75) is 18.4 Å². The van der Waals surface area contributed by atoms with Crippen LogP contribution in [0.15, 0.2) is 59.5 Å². The lowest BCUT2D eigenvalue weighted by Gasteiger charge is -2.08. The van der Waals surface area contributed by atoms with Crippen LogP contribution in [0.1, 0.15) is 17.9 Å². The van der Waals surface area contributed by atoms with E-state index in [4.69, 9.17) is 0 Å². The molecule has 1 aliphatic carbocycles. The van der Waals surface area contributed by atoms with Gasteiger partial charge >= 0.3 is 0 Å². The van der Waals surface area contributed by atoms with Crippen LogP contribution in [0.25, 0.3) is 11.0 Å². The van der Waals surface area contributed by atoms with Gasteiger partial charge in [-0.3, -0.25) is 4.79 Å². The Labute approximate surface area is 121 Å². The number of aromatic nitrogens is 2. The van der Waals surface area contributed by atoms with Crippen molar-refractivity contribution in [3.63, 3.8) is 0 Å². The summed E-state index contributed by atoms with van der Waals surface area (Å²) in [6.45, 7) is 0. The third kappa shape index (κ3) is 2.29. The van der Waals surface area contributed by atoms with Crippen molar-refractivity contribution in [3.8, 4) is 0 Å². The first-order valence-electron chi connectivity index (χ1n) is 7.11. The third-order valence-electron chi connectivity index (χ3n) is 3.97. The summed E-state index contributed by atoms with van der Waals surface area (Å²) in [5.41, 5.74) is 2.72. The van der Waals surface area contributed by atoms with Crippen LogP contribution in [0.3, 0.4) is 0 Å². The van der Waals surface area contributed by atoms with Gasteiger partial charge in [-0.05, 0) is 24.1 Å². The topological polar surface area (TPSA) is 57.8 Å². The molecule has 1 aliphatic rings. The van der Waals surface area contributed by atoms with E-state index in [-0.39, 0.29) is 5.56 Å². The molecule has 0 spiro atoms. The molecule has 1 saturated carbocycles. The molecule has 0 aliphatic heterocycles. The minimum absolute atomic E-state index is 0.124. The van der Waals surface area contributed by atoms with E-state index in [0.717, 1.165) is 17.5 Å². The molecule has 21 heavy (non-hydrogen) atoms. The minimum Gasteiger partial charge on any atom is -0.381 e. The molecule has 0 radical (unpaired) electrons. The molecule has 1 fully saturated rings. The van der Waals surface area contributed by atoms with E-state index in [1.807, 2.05) is 18.2 Å². The summed E-state index contributed by atoms with van der Waals surface area (Å²) < 4.78 is 0. The lowest BCUT2D eigenvalue weighted by Crippen LogP contribution is -2.11. The Kier molecular flexibility index (Phi) is 2.74. The number of anilines is 1. The van der Waals surface area contributed by atoms with Crippen molar-refractivity contribution >= 4 is 16.7 Å². The van der Waals surface area contributed by atoms with Crippen molar-refractivity contribution in [1.29, 1.82) is 0 Å². The summed E-state index contributed by atoms with van der Waals surface area (Å²) in [5.74, 6) is 0.525. The molecule has 2 heterocycles. The second kappa shape index (κ2) is 4.74. The minimum atomic E-state index is -0.124. The van der Waals surface area contributed by atoms with Crippen molar-refractivity contribution in [1.82, 2.24) is 9.97 Å². The predicted molar refractivity (Wildman–Crippen MR) is 83.6 cm³/mol. The van der Waals surface area contributed by atoms with Gasteiger partial charge in [0, 0.05) is 29.6 Å². The number of pyridine rings is 2. The van der Waals surface area contributed by atoms with Gasteiger partial charge in [0.05, 0.1) is 5.69 Å². The second-order valence-electron chi connectivity index (χ2n) is 5.45. The molecular formula is C17H15N3O. The average Bonchev–Trinajstić information content (AvgIpc) is 3.27. The summed E-state index contributed by atoms with van der Waals surface area (Å²) in [4.78, 5) is 18.7. The van der Waals surface area contributed by atoms with Crippen molar-refractivity contribution in [2.24, 2.45) is 0 Å². The molecule has 3 aromatic rings. The highest BCUT2D eigenvalue weighted by Crippen LogP contribution is 2.43. The van der Waals surface area contributed by atoms with Crippen molar-refractivity contribution in [3.05, 3.63) is 70.6 Å². The Morgan fingerprint density at radius 1 is 1.14 bits per heavy atom. The Bertz CT molecular complexity index is 841. The number of hydrogen-bond acceptors (Lipinski definition) is 3. The molecule has 0 saturated heterocycles. The maximum Gasteiger partial charge on any atom is 0.251 e. The van der Waals surface area contributed by atoms with E-state index in [0.29, 0.717) is 17.6 Å². The third-order valence-corrected chi connectivity index (χ3v) is 3.97. The fourth-order valence-corrected chi connectivity index (χ4v) is 2.83. The number of hydrogen-bond donors (Lipinski definition) is 2. The summed E-state index contributed by atoms with van der Waals surface area (Å²) in [7, 11) is 0. The lowest BCUT2D eigenvalue weighted by atomic mass is 10.1. The van der Waals surface area contributed by atoms with Gasteiger partial charge in [-0.2, -0.15) is 0 Å². The largest absolute Gasteiger partial charge is 0.381 e. The summed E-state index contributed by atoms with van der Waals surface area (Å²) in [5, 5.41) is 4.44. The van der Waals surface area contributed by atoms with Gasteiger partial charge in [-0.1, -0.05) is 30.3 Å². The van der Waals surface area contributed by atoms with Gasteiger partial charge in [-0.15, -0.1) is 0 Å². The molecule has 0 unspecified atom stereocenters. The molecule has 4 rings (SSSR count). The molecule has 104 valence electrons. The first-order valence-corrected chi connectivity index (χ1v) is 7.11. The maximum absolute atomic E-state index is 11.7. The van der Waals surface area contributed by atoms with Gasteiger partial charge in [0.1, 0.15) is 5.65 Å². The fourth-order valence-electron chi connectivity index (χ4n) is 2.83. The van der Waals surface area contributed by atoms with Gasteiger partial charge in [0.15, 0.2) is 0 Å². The van der Waals surface area contributed by atoms with Gasteiger partial charge in [0.25, 0.3) is 5.56 Å². The average molecular weight is 277 g/mol. The molecule has 0 amide bonds. The van der Waals surface area contributed by atoms with E-state index in [2.05, 4.69) is 39.6 Å². The van der Waals surface area contributed by atoms with Crippen LogP contribution in [-0.2, 0) is 0 Å². The Balaban J connectivity index is 1.63. The van der Waals surface area contributed by atoms with Gasteiger partial charge < -0.3 is 10.3 Å². The maximum atomic E-state index is 11.7. The van der Waals surface area contributed by atoms with Crippen LogP contribution >= 0.6 is 0 Å². The zero-order chi connectivity index (χ0) is 14.2. The molecule has 4 nitrogen and oxygen atoms in total. The Morgan fingerprint density at radius 2 is 2.00 bits per heavy atom. The van der Waals surface area contributed by atoms with Crippen LogP contribution in [0.5, 0.6) is 0 Å². The normalized spacial score (nSPS) is 20.4. The van der Waals surface area contributed by atoms with Gasteiger partial charge in [-0.25, -0.2) is 4.98 Å². The predicted octanol–water partition coefficient (Wildman–Crippen LogP) is 2.89. The summed E-state index contributed by atoms with van der Waals surface area (Å²) in [6.07, 6.45) is 2.78. The summed E-state index contributed by atoms with van der Waals surface area (Å²) in [6, 6.07) is 16.3. The molecule has 0 bridgehead atoms. The highest BCUT2D eigenvalue weighted by atomic mass is 16.1. The zero-order valence-electron chi connectivity index (χ0n) is 11.4. The Morgan fingerprint density at radius 3 is 2.86 bits per heavy atom. The fraction of sp³-hybridized carbons (Fsp3) is 0.176. The number of aromatic amines is 1. The van der Waals surface area contributed by atoms with Crippen LogP contribution in [0, 0.1) is 0 Å². The first-order chi connectivity index (χ1) is 10.3. The molecule has 1 aromatic carbocycles. The van der Waals surface area contributed by atoms with Crippen LogP contribution in [-0.4, -0.2) is 16.0 Å². The van der Waals surface area contributed by atoms with E-state index in [1.165, 1.54) is 5.56 Å². The van der Waals surface area contributed by atoms with Crippen molar-refractivity contribution in [2.75, 3.05) is 5.32 Å². The van der Waals surface area contributed by atoms with E-state index in [9.17, 15) is 4.79 Å². The standard InChI is InChI=1S/C17H15N3O/c21-16-10-15(12-7-4-8-18-17(12)20-16)19-14-9-13(14)11-5-2-1-3-6-11/h1-8,10,13-14H,9H2,(H2,18,19,20,21)/t13-,14+/m1/s1. The highest BCUT2D eigenvalue weighted by Gasteiger charge is 2.38. The zero-order valence-corrected chi connectivity index (χ0v) is 11.4. The number of nitrogens with one attached hydrogen (secondary N) is 2. The smallest absolute Gasteiger partial charge is 0.251 e. The number of nitrogens with zero attached hydrogens (tertiary/aromatic N) is 1. The van der Waals surface area contributed by atoms with E-state index in [1.54, 1.807) is 12.3 Å². The SMILES string of the molecule is O=c1cc(N[C@H]2C[C@@H]2c2ccccc2)c2cccnc2[nH]1. The molecule has 2 N–H and O–H groups in total. The first kappa shape index (κ1) is 12.1. The second-order valence-corrected chi connectivity index (χ2v) is 5.45. The van der Waals surface area contributed by atoms with Crippen LogP contribution < -0.4 is 10.9 Å². The summed E-state index contributed by atoms with van der Waals surface area (Å²) >= 11 is 0. The van der Waals surface area contributed by atoms with E-state index >= 15 is 0 Å². The molecule has 2 aromatic heterocycles. The quantitative estimate of drug-likeness (QED) is 0.774. The molecular weight excluding hydrogens is 262 g/mol. The molecule has 4 heteroatoms. The van der Waals surface area contributed by atoms with Crippen LogP contribution in [0.4, 0.5) is 5.69 Å². The molecule has 2 atom stereocenters. The van der Waals surface area contributed by atoms with Crippen LogP contribution in [0.2, 0.25) is 0 Å². The lowest BCUT2D eigenvalue weighted by molar-refractivity contribution is 1.05. The number of benzene rings is 1. The van der Waals surface area contributed by atoms with E-state index < -0.39 is 0 Å². The Hall–Kier alpha value is -2.62. The number of fused-ring (bicyclic) bond motifs is 1. The number of rotatable bonds is 3. The highest BCUT2D eigenvalue weighted by molar-refractivity contribution is 5.88. The van der Waals surface area contributed by atoms with Gasteiger partial charge in [0.2, 0.25) is 0 Å².